The Morgan fingerprint density at radius 2 is 0.901 bits per heavy atom. The van der Waals surface area contributed by atoms with Gasteiger partial charge in [0, 0.05) is 49.2 Å². The van der Waals surface area contributed by atoms with Crippen LogP contribution in [0.3, 0.4) is 0 Å². The van der Waals surface area contributed by atoms with Crippen LogP contribution in [-0.2, 0) is 106 Å². The Morgan fingerprint density at radius 1 is 0.457 bits per heavy atom. The van der Waals surface area contributed by atoms with Crippen LogP contribution in [0.2, 0.25) is 0 Å². The number of ketones is 2. The Labute approximate surface area is 474 Å². The lowest BCUT2D eigenvalue weighted by Gasteiger charge is -2.45. The molecule has 3 aliphatic rings. The van der Waals surface area contributed by atoms with Gasteiger partial charge in [-0.3, -0.25) is 19.0 Å². The lowest BCUT2D eigenvalue weighted by Crippen LogP contribution is -2.61. The second kappa shape index (κ2) is 29.9. The molecule has 0 unspecified atom stereocenters. The van der Waals surface area contributed by atoms with Crippen molar-refractivity contribution in [1.82, 2.24) is 30.0 Å². The van der Waals surface area contributed by atoms with E-state index in [9.17, 15) is 9.59 Å². The summed E-state index contributed by atoms with van der Waals surface area (Å²) in [5.41, 5.74) is 8.37. The van der Waals surface area contributed by atoms with Gasteiger partial charge in [0.05, 0.1) is 65.2 Å². The highest BCUT2D eigenvalue weighted by Gasteiger charge is 2.49. The van der Waals surface area contributed by atoms with Gasteiger partial charge in [-0.2, -0.15) is 0 Å². The molecule has 1 saturated heterocycles. The van der Waals surface area contributed by atoms with Gasteiger partial charge in [0.25, 0.3) is 0 Å². The molecule has 0 bridgehead atoms. The summed E-state index contributed by atoms with van der Waals surface area (Å²) in [7, 11) is 0. The highest BCUT2D eigenvalue weighted by molar-refractivity contribution is 6.01. The van der Waals surface area contributed by atoms with Crippen molar-refractivity contribution in [2.45, 2.75) is 141 Å². The minimum absolute atomic E-state index is 0.0712. The summed E-state index contributed by atoms with van der Waals surface area (Å²) in [6.07, 6.45) is 11.9. The first-order chi connectivity index (χ1) is 40.0. The predicted octanol–water partition coefficient (Wildman–Crippen LogP) is 10.6. The van der Waals surface area contributed by atoms with Crippen LogP contribution in [0.15, 0.2) is 164 Å². The zero-order chi connectivity index (χ0) is 55.3. The number of ether oxygens (including phenoxy) is 8. The number of rotatable bonds is 32. The summed E-state index contributed by atoms with van der Waals surface area (Å²) < 4.78 is 56.5. The minimum Gasteiger partial charge on any atom is -0.493 e. The van der Waals surface area contributed by atoms with Gasteiger partial charge < -0.3 is 37.9 Å². The molecule has 0 N–H and O–H groups in total. The average molecular weight is 1100 g/mol. The maximum atomic E-state index is 12.3. The highest BCUT2D eigenvalue weighted by atomic mass is 16.7. The largest absolute Gasteiger partial charge is 0.493 e. The molecule has 81 heavy (non-hydrogen) atoms. The Bertz CT molecular complexity index is 3130. The van der Waals surface area contributed by atoms with Crippen molar-refractivity contribution in [2.75, 3.05) is 19.8 Å². The van der Waals surface area contributed by atoms with Crippen LogP contribution in [0.4, 0.5) is 0 Å². The standard InChI is InChI=1S/C65H72N6O10/c72-55-36-51-28-14-16-30-57(51)59(38-55)75-34-20-3-1-18-32-70-40-53(66-68-70)45-74-47-61-62(77-42-48-22-8-5-9-23-48)63(78-43-49-24-10-6-11-25-49)64(79-44-50-26-12-7-13-27-50)65(81-61)80-46-54-41-71(69-67-54)33-19-2-4-21-35-76-60-39-56(73)37-52-29-15-17-31-58(52)60/h5-17,22-31,38-41,61-65H,1-4,18-21,32-37,42-47H2/t61-,62-,63+,64-,65+/m1/s1. The van der Waals surface area contributed by atoms with Gasteiger partial charge in [-0.1, -0.05) is 163 Å². The number of benzene rings is 5. The van der Waals surface area contributed by atoms with Gasteiger partial charge in [-0.25, -0.2) is 0 Å². The summed E-state index contributed by atoms with van der Waals surface area (Å²) in [6, 6.07) is 46.0. The molecule has 1 fully saturated rings. The number of fused-ring (bicyclic) bond motifs is 2. The molecule has 5 atom stereocenters. The third-order valence-electron chi connectivity index (χ3n) is 14.5. The second-order valence-corrected chi connectivity index (χ2v) is 20.7. The molecule has 422 valence electrons. The lowest BCUT2D eigenvalue weighted by molar-refractivity contribution is -0.331. The quantitative estimate of drug-likeness (QED) is 0.0365. The van der Waals surface area contributed by atoms with E-state index < -0.39 is 30.7 Å². The SMILES string of the molecule is O=C1C=C(OCCCCCCn2cc(COC[C@H]3O[C@H](OCc4cn(CCCCCCOC5=CC(=O)Cc6ccccc65)nn4)[C@H](OCc4ccccc4)[C@@H](OCc4ccccc4)[C@@H]3OCc3ccccc3)nn2)c2ccccc2C1. The minimum atomic E-state index is -0.916. The zero-order valence-electron chi connectivity index (χ0n) is 45.9. The summed E-state index contributed by atoms with van der Waals surface area (Å²) >= 11 is 0. The molecule has 5 aromatic carbocycles. The van der Waals surface area contributed by atoms with Crippen LogP contribution in [-0.4, -0.2) is 92.1 Å². The number of aryl methyl sites for hydroxylation is 2. The monoisotopic (exact) mass is 1100 g/mol. The Morgan fingerprint density at radius 3 is 1.42 bits per heavy atom. The fourth-order valence-electron chi connectivity index (χ4n) is 10.3. The average Bonchev–Trinajstić information content (AvgIpc) is 4.24. The maximum absolute atomic E-state index is 12.3. The molecule has 7 aromatic rings. The van der Waals surface area contributed by atoms with E-state index >= 15 is 0 Å². The van der Waals surface area contributed by atoms with E-state index in [0.29, 0.717) is 68.7 Å². The first kappa shape index (κ1) is 56.8. The number of allylic oxidation sites excluding steroid dienone is 2. The van der Waals surface area contributed by atoms with E-state index in [1.165, 1.54) is 0 Å². The van der Waals surface area contributed by atoms with E-state index in [2.05, 4.69) is 20.6 Å². The van der Waals surface area contributed by atoms with E-state index in [4.69, 9.17) is 37.9 Å². The molecule has 16 nitrogen and oxygen atoms in total. The van der Waals surface area contributed by atoms with Gasteiger partial charge in [0.15, 0.2) is 17.9 Å². The maximum Gasteiger partial charge on any atom is 0.187 e. The van der Waals surface area contributed by atoms with Crippen LogP contribution < -0.4 is 0 Å². The third-order valence-corrected chi connectivity index (χ3v) is 14.5. The van der Waals surface area contributed by atoms with Crippen molar-refractivity contribution in [3.8, 4) is 0 Å². The predicted molar refractivity (Wildman–Crippen MR) is 303 cm³/mol. The summed E-state index contributed by atoms with van der Waals surface area (Å²) in [4.78, 5) is 24.5. The summed E-state index contributed by atoms with van der Waals surface area (Å²) in [5.74, 6) is 1.48. The normalized spacial score (nSPS) is 18.7. The molecule has 2 aromatic heterocycles. The number of carbonyl (C=O) groups excluding carboxylic acids is 2. The topological polar surface area (TPSA) is 169 Å². The van der Waals surface area contributed by atoms with Crippen molar-refractivity contribution >= 4 is 23.1 Å². The number of aromatic nitrogens is 6. The Hall–Kier alpha value is -7.44. The van der Waals surface area contributed by atoms with E-state index in [1.54, 1.807) is 12.2 Å². The molecule has 0 radical (unpaired) electrons. The Balaban J connectivity index is 0.757. The highest BCUT2D eigenvalue weighted by Crippen LogP contribution is 2.33. The van der Waals surface area contributed by atoms with Crippen molar-refractivity contribution < 1.29 is 47.5 Å². The van der Waals surface area contributed by atoms with Crippen LogP contribution >= 0.6 is 0 Å². The molecule has 0 saturated carbocycles. The van der Waals surface area contributed by atoms with Gasteiger partial charge in [-0.15, -0.1) is 10.2 Å². The molecule has 16 heteroatoms. The zero-order valence-corrected chi connectivity index (χ0v) is 45.9. The molecular weight excluding hydrogens is 1020 g/mol. The summed E-state index contributed by atoms with van der Waals surface area (Å²) in [6.45, 7) is 3.84. The summed E-state index contributed by atoms with van der Waals surface area (Å²) in [5, 5.41) is 17.8. The van der Waals surface area contributed by atoms with Crippen LogP contribution in [0.1, 0.15) is 102 Å². The first-order valence-corrected chi connectivity index (χ1v) is 28.5. The molecule has 10 rings (SSSR count). The van der Waals surface area contributed by atoms with Crippen molar-refractivity contribution in [3.63, 3.8) is 0 Å². The van der Waals surface area contributed by atoms with E-state index in [1.807, 2.05) is 161 Å². The fraction of sp³-hybridized carbons (Fsp3) is 0.385. The first-order valence-electron chi connectivity index (χ1n) is 28.5. The van der Waals surface area contributed by atoms with Crippen LogP contribution in [0.25, 0.3) is 11.5 Å². The number of hydrogen-bond acceptors (Lipinski definition) is 14. The van der Waals surface area contributed by atoms with Gasteiger partial charge in [-0.05, 0) is 66.3 Å². The smallest absolute Gasteiger partial charge is 0.187 e. The van der Waals surface area contributed by atoms with Crippen molar-refractivity contribution in [2.24, 2.45) is 0 Å². The number of carbonyl (C=O) groups is 2. The van der Waals surface area contributed by atoms with Crippen LogP contribution in [0.5, 0.6) is 0 Å². The number of unbranched alkanes of at least 4 members (excludes halogenated alkanes) is 6. The van der Waals surface area contributed by atoms with Crippen molar-refractivity contribution in [1.29, 1.82) is 0 Å². The second-order valence-electron chi connectivity index (χ2n) is 20.7. The third kappa shape index (κ3) is 16.8. The van der Waals surface area contributed by atoms with Crippen molar-refractivity contribution in [3.05, 3.63) is 214 Å². The van der Waals surface area contributed by atoms with E-state index in [-0.39, 0.29) is 38.0 Å². The molecule has 0 amide bonds. The number of hydrogen-bond donors (Lipinski definition) is 0. The molecular formula is C65H72N6O10. The Kier molecular flexibility index (Phi) is 20.9. The van der Waals surface area contributed by atoms with Gasteiger partial charge in [0.2, 0.25) is 0 Å². The number of nitrogens with zero attached hydrogens (tertiary/aromatic N) is 6. The lowest BCUT2D eigenvalue weighted by atomic mass is 9.95. The van der Waals surface area contributed by atoms with E-state index in [0.717, 1.165) is 96.9 Å². The fourth-order valence-corrected chi connectivity index (χ4v) is 10.3. The van der Waals surface area contributed by atoms with Crippen LogP contribution in [0, 0.1) is 0 Å². The molecule has 1 aliphatic heterocycles. The molecule has 0 spiro atoms. The molecule has 2 aliphatic carbocycles. The molecule has 3 heterocycles. The van der Waals surface area contributed by atoms with Gasteiger partial charge in [0.1, 0.15) is 47.3 Å². The van der Waals surface area contributed by atoms with Gasteiger partial charge >= 0.3 is 0 Å².